The summed E-state index contributed by atoms with van der Waals surface area (Å²) in [4.78, 5) is 0. The number of hydrogen-bond acceptors (Lipinski definition) is 0. The zero-order chi connectivity index (χ0) is 22.6. The van der Waals surface area contributed by atoms with Crippen molar-refractivity contribution in [1.29, 1.82) is 0 Å². The first-order valence-electron chi connectivity index (χ1n) is 11.4. The molecule has 0 bridgehead atoms. The normalized spacial score (nSPS) is 10.9. The van der Waals surface area contributed by atoms with Crippen LogP contribution < -0.4 is 10.6 Å². The summed E-state index contributed by atoms with van der Waals surface area (Å²) in [5, 5.41) is 8.36. The van der Waals surface area contributed by atoms with Crippen LogP contribution in [0.1, 0.15) is 11.1 Å². The summed E-state index contributed by atoms with van der Waals surface area (Å²) in [5.74, 6) is 0. The molecule has 0 saturated heterocycles. The summed E-state index contributed by atoms with van der Waals surface area (Å²) in [6.45, 7) is 4.36. The number of benzene rings is 4. The van der Waals surface area contributed by atoms with Crippen molar-refractivity contribution in [3.63, 3.8) is 0 Å². The van der Waals surface area contributed by atoms with Crippen LogP contribution in [0.15, 0.2) is 121 Å². The Balaban J connectivity index is 0.000000157. The van der Waals surface area contributed by atoms with Crippen molar-refractivity contribution in [3.8, 4) is 11.1 Å². The Morgan fingerprint density at radius 1 is 0.588 bits per heavy atom. The number of aryl methyl sites for hydroxylation is 2. The van der Waals surface area contributed by atoms with Gasteiger partial charge < -0.3 is 0 Å². The standard InChI is InChI=1S/C16H14P.C16H13.Zr/c1-12-11-13-7-5-6-10-15(13)16(12)17-14-8-3-2-4-9-14;1-12-10-14-8-5-9-15(16(14)11-12)13-6-3-2-4-7-13;/h2-11,17H,1H3;2-11H,1H3;/q2*-1;+2. The largest absolute Gasteiger partial charge is 2.00 e. The van der Waals surface area contributed by atoms with E-state index in [4.69, 9.17) is 0 Å². The molecule has 34 heavy (non-hydrogen) atoms. The van der Waals surface area contributed by atoms with Gasteiger partial charge in [-0.1, -0.05) is 92.2 Å². The van der Waals surface area contributed by atoms with E-state index in [0.29, 0.717) is 0 Å². The van der Waals surface area contributed by atoms with Crippen molar-refractivity contribution in [1.82, 2.24) is 0 Å². The first-order valence-corrected chi connectivity index (χ1v) is 12.4. The number of hydrogen-bond donors (Lipinski definition) is 0. The van der Waals surface area contributed by atoms with Gasteiger partial charge in [0, 0.05) is 0 Å². The van der Waals surface area contributed by atoms with Crippen LogP contribution in [0.4, 0.5) is 0 Å². The SMILES string of the molecule is Cc1[cH-]c2ccccc2c1Pc1ccccc1.Cc1cc2c(-c3ccccc3)cccc2[cH-]1.[Zr+2]. The fourth-order valence-corrected chi connectivity index (χ4v) is 5.73. The molecule has 0 spiro atoms. The van der Waals surface area contributed by atoms with Crippen LogP contribution >= 0.6 is 8.58 Å². The molecule has 1 atom stereocenters. The van der Waals surface area contributed by atoms with Gasteiger partial charge in [-0.25, -0.2) is 0 Å². The smallest absolute Gasteiger partial charge is 0.165 e. The second-order valence-corrected chi connectivity index (χ2v) is 9.82. The molecular weight excluding hydrogens is 507 g/mol. The summed E-state index contributed by atoms with van der Waals surface area (Å²) in [6, 6.07) is 43.2. The molecule has 0 aliphatic heterocycles. The van der Waals surface area contributed by atoms with Crippen molar-refractivity contribution < 1.29 is 26.2 Å². The molecule has 0 heterocycles. The van der Waals surface area contributed by atoms with Gasteiger partial charge in [0.1, 0.15) is 0 Å². The maximum atomic E-state index is 2.29. The molecule has 0 saturated carbocycles. The Kier molecular flexibility index (Phi) is 8.10. The summed E-state index contributed by atoms with van der Waals surface area (Å²) < 4.78 is 0. The van der Waals surface area contributed by atoms with E-state index in [1.807, 2.05) is 0 Å². The minimum absolute atomic E-state index is 0. The fraction of sp³-hybridized carbons (Fsp3) is 0.0625. The Hall–Kier alpha value is -2.59. The van der Waals surface area contributed by atoms with Gasteiger partial charge in [0.2, 0.25) is 0 Å². The second kappa shape index (κ2) is 11.2. The van der Waals surface area contributed by atoms with Gasteiger partial charge in [0.25, 0.3) is 0 Å². The molecule has 0 amide bonds. The van der Waals surface area contributed by atoms with Gasteiger partial charge in [-0.05, 0) is 10.9 Å². The van der Waals surface area contributed by atoms with Crippen LogP contribution in [0.25, 0.3) is 32.7 Å². The van der Waals surface area contributed by atoms with E-state index in [0.717, 1.165) is 8.58 Å². The van der Waals surface area contributed by atoms with Crippen LogP contribution in [0.3, 0.4) is 0 Å². The van der Waals surface area contributed by atoms with Crippen LogP contribution in [0, 0.1) is 13.8 Å². The average molecular weight is 534 g/mol. The maximum absolute atomic E-state index is 2.29. The molecule has 0 aromatic heterocycles. The molecule has 2 heteroatoms. The van der Waals surface area contributed by atoms with Crippen LogP contribution in [0.2, 0.25) is 0 Å². The van der Waals surface area contributed by atoms with Gasteiger partial charge in [0.15, 0.2) is 0 Å². The molecule has 0 aliphatic carbocycles. The van der Waals surface area contributed by atoms with Crippen LogP contribution in [-0.2, 0) is 26.2 Å². The minimum atomic E-state index is 0. The fourth-order valence-electron chi connectivity index (χ4n) is 4.45. The van der Waals surface area contributed by atoms with Gasteiger partial charge in [-0.2, -0.15) is 6.07 Å². The number of fused-ring (bicyclic) bond motifs is 2. The van der Waals surface area contributed by atoms with Crippen LogP contribution in [-0.4, -0.2) is 0 Å². The Labute approximate surface area is 223 Å². The van der Waals surface area contributed by atoms with E-state index in [2.05, 4.69) is 135 Å². The van der Waals surface area contributed by atoms with Crippen molar-refractivity contribution in [2.24, 2.45) is 0 Å². The Morgan fingerprint density at radius 3 is 1.97 bits per heavy atom. The van der Waals surface area contributed by atoms with E-state index in [1.165, 1.54) is 54.4 Å². The van der Waals surface area contributed by atoms with E-state index >= 15 is 0 Å². The Bertz CT molecular complexity index is 1490. The molecule has 6 rings (SSSR count). The third kappa shape index (κ3) is 5.38. The maximum Gasteiger partial charge on any atom is 2.00 e. The summed E-state index contributed by atoms with van der Waals surface area (Å²) in [6.07, 6.45) is 0. The average Bonchev–Trinajstić information content (AvgIpc) is 3.39. The Morgan fingerprint density at radius 2 is 1.21 bits per heavy atom. The van der Waals surface area contributed by atoms with Crippen molar-refractivity contribution >= 4 is 40.7 Å². The quantitative estimate of drug-likeness (QED) is 0.160. The van der Waals surface area contributed by atoms with E-state index < -0.39 is 0 Å². The van der Waals surface area contributed by atoms with E-state index in [9.17, 15) is 0 Å². The predicted molar refractivity (Wildman–Crippen MR) is 148 cm³/mol. The third-order valence-corrected chi connectivity index (χ3v) is 7.56. The van der Waals surface area contributed by atoms with E-state index in [-0.39, 0.29) is 26.2 Å². The summed E-state index contributed by atoms with van der Waals surface area (Å²) >= 11 is 0. The van der Waals surface area contributed by atoms with Crippen molar-refractivity contribution in [3.05, 3.63) is 132 Å². The van der Waals surface area contributed by atoms with Gasteiger partial charge in [0.05, 0.1) is 0 Å². The number of rotatable bonds is 3. The molecule has 164 valence electrons. The summed E-state index contributed by atoms with van der Waals surface area (Å²) in [5.41, 5.74) is 5.36. The molecule has 0 N–H and O–H groups in total. The zero-order valence-electron chi connectivity index (χ0n) is 19.5. The first-order chi connectivity index (χ1) is 16.2. The second-order valence-electron chi connectivity index (χ2n) is 8.49. The predicted octanol–water partition coefficient (Wildman–Crippen LogP) is 8.03. The minimum Gasteiger partial charge on any atom is -0.165 e. The van der Waals surface area contributed by atoms with E-state index in [1.54, 1.807) is 0 Å². The first kappa shape index (κ1) is 24.5. The molecule has 6 aromatic rings. The molecule has 6 aromatic carbocycles. The monoisotopic (exact) mass is 532 g/mol. The van der Waals surface area contributed by atoms with Gasteiger partial charge in [-0.3, -0.25) is 0 Å². The molecule has 0 radical (unpaired) electrons. The molecule has 0 fully saturated rings. The summed E-state index contributed by atoms with van der Waals surface area (Å²) in [7, 11) is 0.754. The zero-order valence-corrected chi connectivity index (χ0v) is 23.0. The molecule has 0 nitrogen and oxygen atoms in total. The molecule has 0 aliphatic rings. The van der Waals surface area contributed by atoms with Crippen molar-refractivity contribution in [2.45, 2.75) is 13.8 Å². The van der Waals surface area contributed by atoms with Crippen LogP contribution in [0.5, 0.6) is 0 Å². The van der Waals surface area contributed by atoms with Gasteiger partial charge in [-0.15, -0.1) is 89.0 Å². The molecular formula is C32H27PZr. The van der Waals surface area contributed by atoms with Crippen molar-refractivity contribution in [2.75, 3.05) is 0 Å². The topological polar surface area (TPSA) is 0 Å². The third-order valence-electron chi connectivity index (χ3n) is 6.02. The van der Waals surface area contributed by atoms with Gasteiger partial charge >= 0.3 is 26.2 Å². The molecule has 1 unspecified atom stereocenters.